The topological polar surface area (TPSA) is 72.6 Å². The van der Waals surface area contributed by atoms with Crippen LogP contribution < -0.4 is 10.5 Å². The Bertz CT molecular complexity index is 595. The van der Waals surface area contributed by atoms with E-state index in [-0.39, 0.29) is 10.9 Å². The average molecular weight is 312 g/mol. The molecule has 2 N–H and O–H groups in total. The van der Waals surface area contributed by atoms with Crippen molar-refractivity contribution in [2.75, 3.05) is 13.7 Å². The van der Waals surface area contributed by atoms with Crippen LogP contribution in [0.4, 0.5) is 0 Å². The SMILES string of the molecule is COc1ccc(CN)cc1S(=O)(=O)N(CC1CC1)C(C)C. The summed E-state index contributed by atoms with van der Waals surface area (Å²) >= 11 is 0. The molecule has 0 heterocycles. The molecule has 0 amide bonds. The first-order valence-electron chi connectivity index (χ1n) is 7.29. The number of nitrogens with two attached hydrogens (primary N) is 1. The van der Waals surface area contributed by atoms with Crippen molar-refractivity contribution in [1.82, 2.24) is 4.31 Å². The van der Waals surface area contributed by atoms with Gasteiger partial charge in [-0.2, -0.15) is 4.31 Å². The minimum Gasteiger partial charge on any atom is -0.495 e. The van der Waals surface area contributed by atoms with E-state index in [1.165, 1.54) is 7.11 Å². The number of ether oxygens (including phenoxy) is 1. The Morgan fingerprint density at radius 3 is 2.52 bits per heavy atom. The van der Waals surface area contributed by atoms with Crippen LogP contribution >= 0.6 is 0 Å². The van der Waals surface area contributed by atoms with E-state index in [2.05, 4.69) is 0 Å². The molecule has 0 atom stereocenters. The minimum atomic E-state index is -3.58. The fourth-order valence-electron chi connectivity index (χ4n) is 2.32. The van der Waals surface area contributed by atoms with Gasteiger partial charge in [-0.15, -0.1) is 0 Å². The Morgan fingerprint density at radius 1 is 1.38 bits per heavy atom. The largest absolute Gasteiger partial charge is 0.495 e. The van der Waals surface area contributed by atoms with Crippen LogP contribution in [0.15, 0.2) is 23.1 Å². The van der Waals surface area contributed by atoms with E-state index < -0.39 is 10.0 Å². The van der Waals surface area contributed by atoms with Gasteiger partial charge < -0.3 is 10.5 Å². The smallest absolute Gasteiger partial charge is 0.247 e. The van der Waals surface area contributed by atoms with Gasteiger partial charge in [-0.3, -0.25) is 0 Å². The van der Waals surface area contributed by atoms with E-state index in [0.717, 1.165) is 18.4 Å². The molecule has 1 aromatic rings. The van der Waals surface area contributed by atoms with Gasteiger partial charge >= 0.3 is 0 Å². The zero-order chi connectivity index (χ0) is 15.6. The molecule has 0 aliphatic heterocycles. The molecule has 1 aromatic carbocycles. The zero-order valence-electron chi connectivity index (χ0n) is 12.9. The number of hydrogen-bond acceptors (Lipinski definition) is 4. The molecule has 1 saturated carbocycles. The second-order valence-corrected chi connectivity index (χ2v) is 7.66. The monoisotopic (exact) mass is 312 g/mol. The second-order valence-electron chi connectivity index (χ2n) is 5.80. The number of sulfonamides is 1. The highest BCUT2D eigenvalue weighted by atomic mass is 32.2. The zero-order valence-corrected chi connectivity index (χ0v) is 13.7. The van der Waals surface area contributed by atoms with Crippen LogP contribution in [0.25, 0.3) is 0 Å². The van der Waals surface area contributed by atoms with Crippen molar-refractivity contribution in [3.05, 3.63) is 23.8 Å². The first-order valence-corrected chi connectivity index (χ1v) is 8.73. The molecule has 1 aliphatic carbocycles. The first kappa shape index (κ1) is 16.3. The van der Waals surface area contributed by atoms with Gasteiger partial charge in [0.15, 0.2) is 0 Å². The van der Waals surface area contributed by atoms with Crippen molar-refractivity contribution < 1.29 is 13.2 Å². The molecule has 1 fully saturated rings. The molecule has 0 saturated heterocycles. The summed E-state index contributed by atoms with van der Waals surface area (Å²) in [6.07, 6.45) is 2.22. The van der Waals surface area contributed by atoms with E-state index >= 15 is 0 Å². The van der Waals surface area contributed by atoms with Crippen LogP contribution in [0.3, 0.4) is 0 Å². The van der Waals surface area contributed by atoms with E-state index in [1.54, 1.807) is 22.5 Å². The third-order valence-electron chi connectivity index (χ3n) is 3.76. The Labute approximate surface area is 127 Å². The summed E-state index contributed by atoms with van der Waals surface area (Å²) in [5.41, 5.74) is 6.41. The third kappa shape index (κ3) is 3.56. The molecule has 5 nitrogen and oxygen atoms in total. The van der Waals surface area contributed by atoms with E-state index in [0.29, 0.717) is 24.8 Å². The number of rotatable bonds is 7. The summed E-state index contributed by atoms with van der Waals surface area (Å²) in [5, 5.41) is 0. The van der Waals surface area contributed by atoms with Crippen LogP contribution in [0.2, 0.25) is 0 Å². The molecule has 0 bridgehead atoms. The maximum atomic E-state index is 13.0. The molecular weight excluding hydrogens is 288 g/mol. The van der Waals surface area contributed by atoms with Gasteiger partial charge in [0.2, 0.25) is 10.0 Å². The fourth-order valence-corrected chi connectivity index (χ4v) is 4.24. The summed E-state index contributed by atoms with van der Waals surface area (Å²) in [5.74, 6) is 0.861. The normalized spacial score (nSPS) is 15.7. The van der Waals surface area contributed by atoms with E-state index in [9.17, 15) is 8.42 Å². The molecule has 118 valence electrons. The van der Waals surface area contributed by atoms with Crippen molar-refractivity contribution in [2.45, 2.75) is 44.2 Å². The molecule has 2 rings (SSSR count). The molecule has 21 heavy (non-hydrogen) atoms. The van der Waals surface area contributed by atoms with Gasteiger partial charge in [0.05, 0.1) is 7.11 Å². The molecule has 1 aliphatic rings. The van der Waals surface area contributed by atoms with Crippen LogP contribution in [-0.2, 0) is 16.6 Å². The fraction of sp³-hybridized carbons (Fsp3) is 0.600. The predicted molar refractivity (Wildman–Crippen MR) is 82.6 cm³/mol. The maximum absolute atomic E-state index is 13.0. The minimum absolute atomic E-state index is 0.0816. The number of hydrogen-bond donors (Lipinski definition) is 1. The van der Waals surface area contributed by atoms with Gasteiger partial charge in [-0.1, -0.05) is 6.07 Å². The molecular formula is C15H24N2O3S. The van der Waals surface area contributed by atoms with Gasteiger partial charge in [0.1, 0.15) is 10.6 Å². The lowest BCUT2D eigenvalue weighted by Gasteiger charge is -2.27. The summed E-state index contributed by atoms with van der Waals surface area (Å²) in [4.78, 5) is 0.210. The first-order chi connectivity index (χ1) is 9.90. The molecule has 0 radical (unpaired) electrons. The number of methoxy groups -OCH3 is 1. The Hall–Kier alpha value is -1.11. The highest BCUT2D eigenvalue weighted by molar-refractivity contribution is 7.89. The van der Waals surface area contributed by atoms with Crippen LogP contribution in [-0.4, -0.2) is 32.4 Å². The van der Waals surface area contributed by atoms with Crippen molar-refractivity contribution in [3.63, 3.8) is 0 Å². The third-order valence-corrected chi connectivity index (χ3v) is 5.82. The van der Waals surface area contributed by atoms with Crippen LogP contribution in [0.1, 0.15) is 32.3 Å². The van der Waals surface area contributed by atoms with Gasteiger partial charge in [0, 0.05) is 19.1 Å². The van der Waals surface area contributed by atoms with Crippen molar-refractivity contribution >= 4 is 10.0 Å². The Balaban J connectivity index is 2.44. The van der Waals surface area contributed by atoms with Crippen LogP contribution in [0.5, 0.6) is 5.75 Å². The summed E-state index contributed by atoms with van der Waals surface area (Å²) in [7, 11) is -2.09. The highest BCUT2D eigenvalue weighted by Gasteiger charge is 2.34. The maximum Gasteiger partial charge on any atom is 0.247 e. The average Bonchev–Trinajstić information content (AvgIpc) is 3.27. The summed E-state index contributed by atoms with van der Waals surface area (Å²) < 4.78 is 32.8. The number of benzene rings is 1. The van der Waals surface area contributed by atoms with Crippen molar-refractivity contribution in [3.8, 4) is 5.75 Å². The lowest BCUT2D eigenvalue weighted by atomic mass is 10.2. The van der Waals surface area contributed by atoms with E-state index in [1.807, 2.05) is 13.8 Å². The molecule has 0 unspecified atom stereocenters. The van der Waals surface area contributed by atoms with Crippen molar-refractivity contribution in [1.29, 1.82) is 0 Å². The lowest BCUT2D eigenvalue weighted by molar-refractivity contribution is 0.337. The predicted octanol–water partition coefficient (Wildman–Crippen LogP) is 1.96. The Kier molecular flexibility index (Phi) is 4.91. The molecule has 0 spiro atoms. The van der Waals surface area contributed by atoms with Crippen molar-refractivity contribution in [2.24, 2.45) is 11.7 Å². The standard InChI is InChI=1S/C15H24N2O3S/c1-11(2)17(10-12-4-5-12)21(18,19)15-8-13(9-16)6-7-14(15)20-3/h6-8,11-12H,4-5,9-10,16H2,1-3H3. The van der Waals surface area contributed by atoms with Gasteiger partial charge in [0.25, 0.3) is 0 Å². The summed E-state index contributed by atoms with van der Waals surface area (Å²) in [6, 6.07) is 5.00. The molecule has 0 aromatic heterocycles. The Morgan fingerprint density at radius 2 is 2.05 bits per heavy atom. The quantitative estimate of drug-likeness (QED) is 0.835. The van der Waals surface area contributed by atoms with Gasteiger partial charge in [-0.05, 0) is 50.3 Å². The second kappa shape index (κ2) is 6.34. The van der Waals surface area contributed by atoms with Crippen LogP contribution in [0, 0.1) is 5.92 Å². The van der Waals surface area contributed by atoms with E-state index in [4.69, 9.17) is 10.5 Å². The lowest BCUT2D eigenvalue weighted by Crippen LogP contribution is -2.38. The summed E-state index contributed by atoms with van der Waals surface area (Å²) in [6.45, 7) is 4.69. The van der Waals surface area contributed by atoms with Gasteiger partial charge in [-0.25, -0.2) is 8.42 Å². The number of nitrogens with zero attached hydrogens (tertiary/aromatic N) is 1. The highest BCUT2D eigenvalue weighted by Crippen LogP contribution is 2.34. The molecule has 6 heteroatoms.